The molecule has 0 fully saturated rings. The van der Waals surface area contributed by atoms with E-state index in [4.69, 9.17) is 0 Å². The number of hydrogen-bond acceptors (Lipinski definition) is 4. The van der Waals surface area contributed by atoms with Crippen molar-refractivity contribution in [3.8, 4) is 0 Å². The Balaban J connectivity index is 1.83. The zero-order valence-corrected chi connectivity index (χ0v) is 17.2. The summed E-state index contributed by atoms with van der Waals surface area (Å²) in [7, 11) is -0.0577. The van der Waals surface area contributed by atoms with Crippen LogP contribution >= 0.6 is 0 Å². The van der Waals surface area contributed by atoms with E-state index in [2.05, 4.69) is 9.82 Å². The molecule has 0 spiro atoms. The minimum Gasteiger partial charge on any atom is -0.301 e. The number of likely N-dealkylation sites (N-methyl/N-ethyl adjacent to an activating group) is 1. The maximum atomic E-state index is 13.6. The van der Waals surface area contributed by atoms with Crippen molar-refractivity contribution in [2.75, 3.05) is 20.6 Å². The van der Waals surface area contributed by atoms with E-state index in [9.17, 15) is 12.8 Å². The molecule has 28 heavy (non-hydrogen) atoms. The Morgan fingerprint density at radius 1 is 1.18 bits per heavy atom. The fourth-order valence-electron chi connectivity index (χ4n) is 3.19. The summed E-state index contributed by atoms with van der Waals surface area (Å²) in [5.74, 6) is -0.347. The van der Waals surface area contributed by atoms with Gasteiger partial charge in [-0.2, -0.15) is 5.10 Å². The van der Waals surface area contributed by atoms with E-state index in [0.717, 1.165) is 10.9 Å². The predicted octanol–water partition coefficient (Wildman–Crippen LogP) is 3.34. The minimum atomic E-state index is -3.72. The maximum Gasteiger partial charge on any atom is 0.240 e. The van der Waals surface area contributed by atoms with Crippen LogP contribution < -0.4 is 4.72 Å². The van der Waals surface area contributed by atoms with Gasteiger partial charge in [-0.25, -0.2) is 17.5 Å². The van der Waals surface area contributed by atoms with E-state index < -0.39 is 10.0 Å². The van der Waals surface area contributed by atoms with Gasteiger partial charge in [0.2, 0.25) is 10.0 Å². The van der Waals surface area contributed by atoms with Crippen LogP contribution in [0.15, 0.2) is 53.6 Å². The maximum absolute atomic E-state index is 13.6. The summed E-state index contributed by atoms with van der Waals surface area (Å²) in [6, 6.07) is 11.1. The Morgan fingerprint density at radius 2 is 1.93 bits per heavy atom. The van der Waals surface area contributed by atoms with Crippen LogP contribution in [0.3, 0.4) is 0 Å². The lowest BCUT2D eigenvalue weighted by Gasteiger charge is -2.25. The average Bonchev–Trinajstić information content (AvgIpc) is 3.05. The van der Waals surface area contributed by atoms with Gasteiger partial charge in [-0.15, -0.1) is 0 Å². The monoisotopic (exact) mass is 404 g/mol. The molecule has 2 aromatic carbocycles. The number of nitrogens with one attached hydrogen (secondary N) is 1. The van der Waals surface area contributed by atoms with E-state index >= 15 is 0 Å². The quantitative estimate of drug-likeness (QED) is 0.656. The number of nitrogens with zero attached hydrogens (tertiary/aromatic N) is 3. The molecule has 150 valence electrons. The van der Waals surface area contributed by atoms with Crippen molar-refractivity contribution in [2.24, 2.45) is 0 Å². The number of aromatic nitrogens is 2. The van der Waals surface area contributed by atoms with Crippen LogP contribution in [0.4, 0.5) is 4.39 Å². The first-order valence-corrected chi connectivity index (χ1v) is 10.6. The van der Waals surface area contributed by atoms with Crippen molar-refractivity contribution in [1.29, 1.82) is 0 Å². The van der Waals surface area contributed by atoms with E-state index in [1.807, 2.05) is 37.5 Å². The molecule has 0 unspecified atom stereocenters. The van der Waals surface area contributed by atoms with Gasteiger partial charge in [0.1, 0.15) is 5.82 Å². The van der Waals surface area contributed by atoms with Gasteiger partial charge in [-0.3, -0.25) is 4.68 Å². The summed E-state index contributed by atoms with van der Waals surface area (Å²) >= 11 is 0. The molecule has 8 heteroatoms. The number of halogens is 1. The van der Waals surface area contributed by atoms with Crippen LogP contribution in [0.25, 0.3) is 10.9 Å². The molecule has 1 N–H and O–H groups in total. The third-order valence-corrected chi connectivity index (χ3v) is 6.11. The Kier molecular flexibility index (Phi) is 5.83. The van der Waals surface area contributed by atoms with Gasteiger partial charge < -0.3 is 4.90 Å². The first kappa shape index (κ1) is 20.4. The Labute approximate surface area is 165 Å². The molecule has 3 aromatic rings. The van der Waals surface area contributed by atoms with E-state index in [1.54, 1.807) is 36.5 Å². The zero-order chi connectivity index (χ0) is 20.5. The van der Waals surface area contributed by atoms with E-state index in [-0.39, 0.29) is 29.3 Å². The molecule has 1 atom stereocenters. The van der Waals surface area contributed by atoms with Gasteiger partial charge in [0.15, 0.2) is 0 Å². The molecule has 0 saturated heterocycles. The summed E-state index contributed by atoms with van der Waals surface area (Å²) in [5, 5.41) is 5.09. The molecule has 0 radical (unpaired) electrons. The van der Waals surface area contributed by atoms with Crippen molar-refractivity contribution in [1.82, 2.24) is 19.4 Å². The van der Waals surface area contributed by atoms with Gasteiger partial charge in [0, 0.05) is 24.0 Å². The number of rotatable bonds is 7. The molecule has 1 heterocycles. The third-order valence-electron chi connectivity index (χ3n) is 4.69. The van der Waals surface area contributed by atoms with Crippen molar-refractivity contribution in [3.63, 3.8) is 0 Å². The average molecular weight is 405 g/mol. The lowest BCUT2D eigenvalue weighted by molar-refractivity contribution is 0.299. The number of sulfonamides is 1. The molecule has 0 aliphatic carbocycles. The number of hydrogen-bond donors (Lipinski definition) is 1. The van der Waals surface area contributed by atoms with E-state index in [1.165, 1.54) is 12.1 Å². The number of fused-ring (bicyclic) bond motifs is 1. The van der Waals surface area contributed by atoms with Gasteiger partial charge >= 0.3 is 0 Å². The highest BCUT2D eigenvalue weighted by atomic mass is 32.2. The van der Waals surface area contributed by atoms with Crippen LogP contribution in [-0.4, -0.2) is 43.7 Å². The van der Waals surface area contributed by atoms with Gasteiger partial charge in [0.25, 0.3) is 0 Å². The Bertz CT molecular complexity index is 1080. The van der Waals surface area contributed by atoms with Gasteiger partial charge in [0.05, 0.1) is 16.6 Å². The molecule has 0 aliphatic rings. The first-order valence-electron chi connectivity index (χ1n) is 9.08. The summed E-state index contributed by atoms with van der Waals surface area (Å²) < 4.78 is 43.7. The lowest BCUT2D eigenvalue weighted by Crippen LogP contribution is -2.34. The lowest BCUT2D eigenvalue weighted by atomic mass is 10.1. The topological polar surface area (TPSA) is 67.2 Å². The standard InChI is InChI=1S/C20H25FN4O2S/c1-14(2)25-19-9-8-18(11-16(19)12-22-25)28(26,27)23-13-20(24(3)4)15-6-5-7-17(21)10-15/h5-12,14,20,23H,13H2,1-4H3/t20-/m0/s1. The fourth-order valence-corrected chi connectivity index (χ4v) is 4.27. The van der Waals surface area contributed by atoms with Crippen molar-refractivity contribution in [2.45, 2.75) is 30.8 Å². The van der Waals surface area contributed by atoms with Crippen LogP contribution in [0.5, 0.6) is 0 Å². The molecule has 1 aromatic heterocycles. The summed E-state index contributed by atoms with van der Waals surface area (Å²) in [5.41, 5.74) is 1.60. The molecule has 3 rings (SSSR count). The predicted molar refractivity (Wildman–Crippen MR) is 108 cm³/mol. The van der Waals surface area contributed by atoms with Crippen molar-refractivity contribution in [3.05, 3.63) is 60.0 Å². The second-order valence-electron chi connectivity index (χ2n) is 7.29. The molecular weight excluding hydrogens is 379 g/mol. The van der Waals surface area contributed by atoms with Crippen LogP contribution in [0, 0.1) is 5.82 Å². The van der Waals surface area contributed by atoms with Crippen molar-refractivity contribution < 1.29 is 12.8 Å². The van der Waals surface area contributed by atoms with E-state index in [0.29, 0.717) is 5.56 Å². The second kappa shape index (κ2) is 7.98. The third kappa shape index (κ3) is 4.24. The fraction of sp³-hybridized carbons (Fsp3) is 0.350. The van der Waals surface area contributed by atoms with Gasteiger partial charge in [-0.1, -0.05) is 12.1 Å². The normalized spacial score (nSPS) is 13.5. The molecule has 0 saturated carbocycles. The minimum absolute atomic E-state index is 0.127. The second-order valence-corrected chi connectivity index (χ2v) is 9.06. The molecule has 0 aliphatic heterocycles. The highest BCUT2D eigenvalue weighted by Gasteiger charge is 2.21. The Hall–Kier alpha value is -2.29. The van der Waals surface area contributed by atoms with Crippen LogP contribution in [0.1, 0.15) is 31.5 Å². The Morgan fingerprint density at radius 3 is 2.57 bits per heavy atom. The smallest absolute Gasteiger partial charge is 0.240 e. The summed E-state index contributed by atoms with van der Waals surface area (Å²) in [6.07, 6.45) is 1.67. The van der Waals surface area contributed by atoms with Crippen LogP contribution in [-0.2, 0) is 10.0 Å². The summed E-state index contributed by atoms with van der Waals surface area (Å²) in [4.78, 5) is 2.03. The van der Waals surface area contributed by atoms with Crippen molar-refractivity contribution >= 4 is 20.9 Å². The molecule has 0 bridgehead atoms. The van der Waals surface area contributed by atoms with Crippen LogP contribution in [0.2, 0.25) is 0 Å². The number of benzene rings is 2. The highest BCUT2D eigenvalue weighted by Crippen LogP contribution is 2.23. The molecule has 6 nitrogen and oxygen atoms in total. The molecular formula is C20H25FN4O2S. The van der Waals surface area contributed by atoms with Gasteiger partial charge in [-0.05, 0) is 63.8 Å². The largest absolute Gasteiger partial charge is 0.301 e. The molecule has 0 amide bonds. The SMILES string of the molecule is CC(C)n1ncc2cc(S(=O)(=O)NC[C@@H](c3cccc(F)c3)N(C)C)ccc21. The zero-order valence-electron chi connectivity index (χ0n) is 16.4. The highest BCUT2D eigenvalue weighted by molar-refractivity contribution is 7.89. The first-order chi connectivity index (χ1) is 13.2. The summed E-state index contributed by atoms with van der Waals surface area (Å²) in [6.45, 7) is 4.17.